The molecule has 0 aliphatic rings. The van der Waals surface area contributed by atoms with Gasteiger partial charge in [0.05, 0.1) is 22.9 Å². The van der Waals surface area contributed by atoms with E-state index in [2.05, 4.69) is 10.0 Å². The molecule has 7 heteroatoms. The average molecular weight is 453 g/mol. The van der Waals surface area contributed by atoms with Gasteiger partial charge in [-0.1, -0.05) is 50.2 Å². The van der Waals surface area contributed by atoms with Crippen molar-refractivity contribution in [2.45, 2.75) is 38.5 Å². The molecular formula is C25H28N2O4S. The summed E-state index contributed by atoms with van der Waals surface area (Å²) in [6.45, 7) is 8.09. The Kier molecular flexibility index (Phi) is 7.20. The topological polar surface area (TPSA) is 84.5 Å². The standard InChI is InChI=1S/C25H28N2O4S/c1-5-31-23-15-14-20(16-22(23)26-25(28)19-11-7-6-8-12-19)32(29,30)27-24-18(4)10-9-13-21(24)17(2)3/h6-17,27H,5H2,1-4H3,(H,26,28). The normalized spacial score (nSPS) is 11.3. The van der Waals surface area contributed by atoms with Crippen LogP contribution in [0.3, 0.4) is 0 Å². The number of para-hydroxylation sites is 1. The Balaban J connectivity index is 1.98. The number of hydrogen-bond donors (Lipinski definition) is 2. The maximum atomic E-state index is 13.2. The monoisotopic (exact) mass is 452 g/mol. The molecule has 0 saturated carbocycles. The quantitative estimate of drug-likeness (QED) is 0.468. The Morgan fingerprint density at radius 1 is 1.00 bits per heavy atom. The molecule has 168 valence electrons. The maximum Gasteiger partial charge on any atom is 0.261 e. The number of nitrogens with one attached hydrogen (secondary N) is 2. The molecule has 0 aromatic heterocycles. The summed E-state index contributed by atoms with van der Waals surface area (Å²) in [6, 6.07) is 18.9. The van der Waals surface area contributed by atoms with Crippen molar-refractivity contribution >= 4 is 27.3 Å². The molecule has 0 unspecified atom stereocenters. The number of carbonyl (C=O) groups excluding carboxylic acids is 1. The smallest absolute Gasteiger partial charge is 0.261 e. The van der Waals surface area contributed by atoms with Gasteiger partial charge in [-0.3, -0.25) is 9.52 Å². The molecule has 0 saturated heterocycles. The fourth-order valence-corrected chi connectivity index (χ4v) is 4.53. The molecule has 0 bridgehead atoms. The molecule has 6 nitrogen and oxygen atoms in total. The van der Waals surface area contributed by atoms with Crippen molar-refractivity contribution in [2.75, 3.05) is 16.6 Å². The van der Waals surface area contributed by atoms with Gasteiger partial charge in [0, 0.05) is 5.56 Å². The van der Waals surface area contributed by atoms with Crippen LogP contribution in [-0.2, 0) is 10.0 Å². The highest BCUT2D eigenvalue weighted by Gasteiger charge is 2.21. The summed E-state index contributed by atoms with van der Waals surface area (Å²) in [7, 11) is -3.90. The van der Waals surface area contributed by atoms with Crippen LogP contribution >= 0.6 is 0 Å². The third-order valence-corrected chi connectivity index (χ3v) is 6.36. The van der Waals surface area contributed by atoms with Crippen LogP contribution in [0.5, 0.6) is 5.75 Å². The van der Waals surface area contributed by atoms with E-state index in [1.54, 1.807) is 30.3 Å². The molecule has 3 aromatic rings. The van der Waals surface area contributed by atoms with Crippen LogP contribution in [0.4, 0.5) is 11.4 Å². The summed E-state index contributed by atoms with van der Waals surface area (Å²) in [6.07, 6.45) is 0. The van der Waals surface area contributed by atoms with E-state index in [0.717, 1.165) is 11.1 Å². The molecule has 0 aliphatic heterocycles. The van der Waals surface area contributed by atoms with Gasteiger partial charge in [-0.05, 0) is 61.2 Å². The first-order chi connectivity index (χ1) is 15.2. The SMILES string of the molecule is CCOc1ccc(S(=O)(=O)Nc2c(C)cccc2C(C)C)cc1NC(=O)c1ccccc1. The number of sulfonamides is 1. The summed E-state index contributed by atoms with van der Waals surface area (Å²) in [4.78, 5) is 12.7. The summed E-state index contributed by atoms with van der Waals surface area (Å²) >= 11 is 0. The minimum Gasteiger partial charge on any atom is -0.492 e. The predicted octanol–water partition coefficient (Wildman–Crippen LogP) is 5.57. The third-order valence-electron chi connectivity index (χ3n) is 5.01. The molecular weight excluding hydrogens is 424 g/mol. The molecule has 0 spiro atoms. The van der Waals surface area contributed by atoms with Crippen molar-refractivity contribution in [1.29, 1.82) is 0 Å². The number of aryl methyl sites for hydroxylation is 1. The third kappa shape index (κ3) is 5.29. The molecule has 0 atom stereocenters. The lowest BCUT2D eigenvalue weighted by Crippen LogP contribution is -2.17. The first-order valence-electron chi connectivity index (χ1n) is 10.5. The number of amides is 1. The van der Waals surface area contributed by atoms with Crippen molar-refractivity contribution in [3.8, 4) is 5.75 Å². The highest BCUT2D eigenvalue weighted by atomic mass is 32.2. The van der Waals surface area contributed by atoms with Crippen LogP contribution in [0.25, 0.3) is 0 Å². The zero-order chi connectivity index (χ0) is 23.3. The number of ether oxygens (including phenoxy) is 1. The summed E-state index contributed by atoms with van der Waals surface area (Å²) in [5.41, 5.74) is 3.08. The van der Waals surface area contributed by atoms with Gasteiger partial charge in [-0.25, -0.2) is 8.42 Å². The van der Waals surface area contributed by atoms with E-state index >= 15 is 0 Å². The zero-order valence-electron chi connectivity index (χ0n) is 18.7. The van der Waals surface area contributed by atoms with Gasteiger partial charge < -0.3 is 10.1 Å². The Labute approximate surface area is 189 Å². The highest BCUT2D eigenvalue weighted by Crippen LogP contribution is 2.32. The molecule has 0 aliphatic carbocycles. The Bertz CT molecular complexity index is 1210. The van der Waals surface area contributed by atoms with Crippen LogP contribution in [0, 0.1) is 6.92 Å². The van der Waals surface area contributed by atoms with Crippen molar-refractivity contribution in [3.63, 3.8) is 0 Å². The first kappa shape index (κ1) is 23.3. The lowest BCUT2D eigenvalue weighted by molar-refractivity contribution is 0.102. The van der Waals surface area contributed by atoms with Crippen LogP contribution in [0.2, 0.25) is 0 Å². The van der Waals surface area contributed by atoms with Crippen molar-refractivity contribution in [1.82, 2.24) is 0 Å². The largest absolute Gasteiger partial charge is 0.492 e. The zero-order valence-corrected chi connectivity index (χ0v) is 19.5. The maximum absolute atomic E-state index is 13.2. The van der Waals surface area contributed by atoms with Gasteiger partial charge >= 0.3 is 0 Å². The highest BCUT2D eigenvalue weighted by molar-refractivity contribution is 7.92. The van der Waals surface area contributed by atoms with E-state index in [0.29, 0.717) is 23.6 Å². The number of carbonyl (C=O) groups is 1. The lowest BCUT2D eigenvalue weighted by atomic mass is 9.99. The fourth-order valence-electron chi connectivity index (χ4n) is 3.34. The van der Waals surface area contributed by atoms with Gasteiger partial charge in [0.25, 0.3) is 15.9 Å². The van der Waals surface area contributed by atoms with Gasteiger partial charge in [0.1, 0.15) is 5.75 Å². The summed E-state index contributed by atoms with van der Waals surface area (Å²) in [5.74, 6) is 0.193. The number of benzene rings is 3. The second kappa shape index (κ2) is 9.87. The number of rotatable bonds is 8. The van der Waals surface area contributed by atoms with E-state index in [1.165, 1.54) is 12.1 Å². The second-order valence-electron chi connectivity index (χ2n) is 7.71. The minimum absolute atomic E-state index is 0.0299. The van der Waals surface area contributed by atoms with Crippen LogP contribution in [0.15, 0.2) is 71.6 Å². The van der Waals surface area contributed by atoms with Gasteiger partial charge in [0.2, 0.25) is 0 Å². The molecule has 32 heavy (non-hydrogen) atoms. The first-order valence-corrected chi connectivity index (χ1v) is 12.0. The Morgan fingerprint density at radius 2 is 1.72 bits per heavy atom. The van der Waals surface area contributed by atoms with Crippen LogP contribution < -0.4 is 14.8 Å². The average Bonchev–Trinajstić information content (AvgIpc) is 2.76. The number of hydrogen-bond acceptors (Lipinski definition) is 4. The molecule has 1 amide bonds. The second-order valence-corrected chi connectivity index (χ2v) is 9.39. The van der Waals surface area contributed by atoms with Crippen LogP contribution in [-0.4, -0.2) is 20.9 Å². The van der Waals surface area contributed by atoms with E-state index in [4.69, 9.17) is 4.74 Å². The van der Waals surface area contributed by atoms with Gasteiger partial charge in [-0.15, -0.1) is 0 Å². The van der Waals surface area contributed by atoms with E-state index in [-0.39, 0.29) is 22.4 Å². The Hall–Kier alpha value is -3.32. The predicted molar refractivity (Wildman–Crippen MR) is 128 cm³/mol. The summed E-state index contributed by atoms with van der Waals surface area (Å²) in [5, 5.41) is 2.77. The Morgan fingerprint density at radius 3 is 2.38 bits per heavy atom. The van der Waals surface area contributed by atoms with Crippen LogP contribution in [0.1, 0.15) is 48.2 Å². The lowest BCUT2D eigenvalue weighted by Gasteiger charge is -2.18. The fraction of sp³-hybridized carbons (Fsp3) is 0.240. The van der Waals surface area contributed by atoms with Gasteiger partial charge in [-0.2, -0.15) is 0 Å². The van der Waals surface area contributed by atoms with Gasteiger partial charge in [0.15, 0.2) is 0 Å². The summed E-state index contributed by atoms with van der Waals surface area (Å²) < 4.78 is 34.8. The number of anilines is 2. The molecule has 0 fully saturated rings. The molecule has 3 rings (SSSR count). The van der Waals surface area contributed by atoms with E-state index in [9.17, 15) is 13.2 Å². The van der Waals surface area contributed by atoms with E-state index < -0.39 is 10.0 Å². The van der Waals surface area contributed by atoms with Crippen molar-refractivity contribution < 1.29 is 17.9 Å². The molecule has 0 heterocycles. The van der Waals surface area contributed by atoms with E-state index in [1.807, 2.05) is 52.0 Å². The molecule has 3 aromatic carbocycles. The minimum atomic E-state index is -3.90. The molecule has 2 N–H and O–H groups in total. The molecule has 0 radical (unpaired) electrons. The van der Waals surface area contributed by atoms with Crippen molar-refractivity contribution in [3.05, 3.63) is 83.4 Å². The van der Waals surface area contributed by atoms with Crippen molar-refractivity contribution in [2.24, 2.45) is 0 Å².